The maximum absolute atomic E-state index is 12.7. The highest BCUT2D eigenvalue weighted by Crippen LogP contribution is 2.32. The van der Waals surface area contributed by atoms with Crippen LogP contribution in [-0.4, -0.2) is 17.6 Å². The van der Waals surface area contributed by atoms with Gasteiger partial charge in [0.05, 0.1) is 11.3 Å². The van der Waals surface area contributed by atoms with Crippen LogP contribution in [0.2, 0.25) is 0 Å². The summed E-state index contributed by atoms with van der Waals surface area (Å²) < 4.78 is 48.4. The molecule has 1 aliphatic rings. The number of alkyl halides is 3. The predicted molar refractivity (Wildman–Crippen MR) is 66.5 cm³/mol. The van der Waals surface area contributed by atoms with E-state index >= 15 is 0 Å². The average molecular weight is 296 g/mol. The van der Waals surface area contributed by atoms with Crippen molar-refractivity contribution in [1.82, 2.24) is 4.98 Å². The number of nitrogens with zero attached hydrogens (tertiary/aromatic N) is 3. The Hall–Kier alpha value is -2.51. The van der Waals surface area contributed by atoms with Gasteiger partial charge in [0.2, 0.25) is 0 Å². The fraction of sp³-hybridized carbons (Fsp3) is 0.231. The summed E-state index contributed by atoms with van der Waals surface area (Å²) in [6.07, 6.45) is -3.17. The van der Waals surface area contributed by atoms with Gasteiger partial charge in [-0.3, -0.25) is 0 Å². The van der Waals surface area contributed by atoms with E-state index in [-0.39, 0.29) is 18.3 Å². The Kier molecular flexibility index (Phi) is 3.08. The van der Waals surface area contributed by atoms with Gasteiger partial charge in [-0.2, -0.15) is 13.2 Å². The van der Waals surface area contributed by atoms with Crippen molar-refractivity contribution in [3.05, 3.63) is 47.7 Å². The summed E-state index contributed by atoms with van der Waals surface area (Å²) in [6.45, 7) is 1.67. The molecule has 0 bridgehead atoms. The lowest BCUT2D eigenvalue weighted by molar-refractivity contribution is -0.137. The Labute approximate surface area is 117 Å². The van der Waals surface area contributed by atoms with E-state index in [1.165, 1.54) is 17.5 Å². The highest BCUT2D eigenvalue weighted by Gasteiger charge is 2.31. The molecule has 21 heavy (non-hydrogen) atoms. The number of aryl methyl sites for hydroxylation is 1. The highest BCUT2D eigenvalue weighted by atomic mass is 19.4. The molecule has 1 aromatic carbocycles. The van der Waals surface area contributed by atoms with Crippen LogP contribution in [0.5, 0.6) is 0 Å². The molecule has 1 aromatic heterocycles. The molecule has 0 atom stereocenters. The Morgan fingerprint density at radius 1 is 1.38 bits per heavy atom. The van der Waals surface area contributed by atoms with Crippen LogP contribution in [0.4, 0.5) is 18.9 Å². The fourth-order valence-electron chi connectivity index (χ4n) is 1.82. The minimum atomic E-state index is -4.42. The lowest BCUT2D eigenvalue weighted by atomic mass is 10.2. The summed E-state index contributed by atoms with van der Waals surface area (Å²) in [5, 5.41) is 5.37. The minimum absolute atomic E-state index is 0.0144. The molecule has 109 valence electrons. The number of anilines is 1. The Morgan fingerprint density at radius 3 is 2.86 bits per heavy atom. The molecule has 0 fully saturated rings. The largest absolute Gasteiger partial charge is 0.452 e. The van der Waals surface area contributed by atoms with Crippen molar-refractivity contribution in [2.45, 2.75) is 13.1 Å². The summed E-state index contributed by atoms with van der Waals surface area (Å²) in [5.74, 6) is 0.718. The van der Waals surface area contributed by atoms with E-state index in [9.17, 15) is 13.2 Å². The van der Waals surface area contributed by atoms with Gasteiger partial charge in [0.15, 0.2) is 18.8 Å². The van der Waals surface area contributed by atoms with E-state index in [2.05, 4.69) is 16.2 Å². The van der Waals surface area contributed by atoms with E-state index < -0.39 is 11.7 Å². The molecule has 0 aliphatic carbocycles. The maximum atomic E-state index is 12.7. The summed E-state index contributed by atoms with van der Waals surface area (Å²) >= 11 is 0. The van der Waals surface area contributed by atoms with E-state index in [0.29, 0.717) is 11.5 Å². The molecule has 5 nitrogen and oxygen atoms in total. The Bertz CT molecular complexity index is 694. The second kappa shape index (κ2) is 4.80. The van der Waals surface area contributed by atoms with E-state index in [4.69, 9.17) is 9.15 Å². The molecule has 0 spiro atoms. The second-order valence-electron chi connectivity index (χ2n) is 4.30. The number of halogens is 3. The molecule has 0 unspecified atom stereocenters. The lowest BCUT2D eigenvalue weighted by Gasteiger charge is -2.13. The van der Waals surface area contributed by atoms with Gasteiger partial charge in [0.25, 0.3) is 5.90 Å². The maximum Gasteiger partial charge on any atom is 0.416 e. The first-order valence-corrected chi connectivity index (χ1v) is 5.93. The fourth-order valence-corrected chi connectivity index (χ4v) is 1.82. The molecule has 0 amide bonds. The summed E-state index contributed by atoms with van der Waals surface area (Å²) in [6, 6.07) is 5.81. The van der Waals surface area contributed by atoms with Gasteiger partial charge in [0, 0.05) is 6.07 Å². The molecular weight excluding hydrogens is 287 g/mol. The van der Waals surface area contributed by atoms with Crippen LogP contribution >= 0.6 is 0 Å². The molecule has 1 aliphatic heterocycles. The van der Waals surface area contributed by atoms with Gasteiger partial charge < -0.3 is 9.15 Å². The van der Waals surface area contributed by atoms with Crippen molar-refractivity contribution in [1.29, 1.82) is 0 Å². The van der Waals surface area contributed by atoms with Gasteiger partial charge in [-0.25, -0.2) is 9.99 Å². The molecule has 8 heteroatoms. The van der Waals surface area contributed by atoms with Crippen LogP contribution in [0.25, 0.3) is 0 Å². The smallest absolute Gasteiger partial charge is 0.416 e. The first-order valence-electron chi connectivity index (χ1n) is 5.93. The standard InChI is InChI=1S/C13H9F3N3O2/c1-8-11(17-6-20-8)12-18-19(7-21-12)10-4-2-3-9(5-10)13(14,15)16/h2-3,5-6H,7H2,1H3. The third kappa shape index (κ3) is 2.56. The third-order valence-corrected chi connectivity index (χ3v) is 2.87. The van der Waals surface area contributed by atoms with Crippen molar-refractivity contribution in [2.75, 3.05) is 11.7 Å². The number of benzene rings is 1. The van der Waals surface area contributed by atoms with Crippen molar-refractivity contribution < 1.29 is 22.3 Å². The molecule has 2 aromatic rings. The molecule has 3 rings (SSSR count). The van der Waals surface area contributed by atoms with E-state index in [0.717, 1.165) is 12.1 Å². The SMILES string of the molecule is Cc1ocnc1C1=NN(c2[c]ccc(C(F)(F)F)c2)CO1. The molecule has 0 N–H and O–H groups in total. The zero-order chi connectivity index (χ0) is 15.0. The normalized spacial score (nSPS) is 15.0. The van der Waals surface area contributed by atoms with Gasteiger partial charge in [-0.05, 0) is 19.1 Å². The Balaban J connectivity index is 1.89. The molecule has 0 saturated heterocycles. The predicted octanol–water partition coefficient (Wildman–Crippen LogP) is 2.96. The van der Waals surface area contributed by atoms with Gasteiger partial charge in [0.1, 0.15) is 5.76 Å². The number of aromatic nitrogens is 1. The van der Waals surface area contributed by atoms with Crippen molar-refractivity contribution in [3.63, 3.8) is 0 Å². The van der Waals surface area contributed by atoms with Crippen LogP contribution in [0, 0.1) is 13.0 Å². The van der Waals surface area contributed by atoms with Crippen LogP contribution in [-0.2, 0) is 10.9 Å². The van der Waals surface area contributed by atoms with Crippen molar-refractivity contribution in [2.24, 2.45) is 5.10 Å². The minimum Gasteiger partial charge on any atom is -0.452 e. The van der Waals surface area contributed by atoms with Gasteiger partial charge >= 0.3 is 6.18 Å². The first-order chi connectivity index (χ1) is 9.95. The third-order valence-electron chi connectivity index (χ3n) is 2.87. The molecular formula is C13H9F3N3O2. The number of hydrogen-bond donors (Lipinski definition) is 0. The van der Waals surface area contributed by atoms with Crippen LogP contribution in [0.1, 0.15) is 17.0 Å². The van der Waals surface area contributed by atoms with E-state index in [1.807, 2.05) is 0 Å². The topological polar surface area (TPSA) is 50.9 Å². The van der Waals surface area contributed by atoms with Crippen LogP contribution < -0.4 is 5.01 Å². The average Bonchev–Trinajstić information content (AvgIpc) is 3.06. The Morgan fingerprint density at radius 2 is 2.19 bits per heavy atom. The number of hydrazone groups is 1. The second-order valence-corrected chi connectivity index (χ2v) is 4.30. The first kappa shape index (κ1) is 13.5. The molecule has 1 radical (unpaired) electrons. The van der Waals surface area contributed by atoms with E-state index in [1.54, 1.807) is 6.92 Å². The number of ether oxygens (including phenoxy) is 1. The van der Waals surface area contributed by atoms with Gasteiger partial charge in [-0.1, -0.05) is 6.07 Å². The van der Waals surface area contributed by atoms with Crippen molar-refractivity contribution >= 4 is 11.6 Å². The van der Waals surface area contributed by atoms with Crippen LogP contribution in [0.3, 0.4) is 0 Å². The summed E-state index contributed by atoms with van der Waals surface area (Å²) in [5.41, 5.74) is -0.178. The zero-order valence-corrected chi connectivity index (χ0v) is 10.8. The van der Waals surface area contributed by atoms with Crippen molar-refractivity contribution in [3.8, 4) is 0 Å². The monoisotopic (exact) mass is 296 g/mol. The highest BCUT2D eigenvalue weighted by molar-refractivity contribution is 5.94. The molecule has 2 heterocycles. The van der Waals surface area contributed by atoms with Gasteiger partial charge in [-0.15, -0.1) is 5.10 Å². The summed E-state index contributed by atoms with van der Waals surface area (Å²) in [4.78, 5) is 3.94. The van der Waals surface area contributed by atoms with Crippen LogP contribution in [0.15, 0.2) is 34.1 Å². The number of rotatable bonds is 2. The molecule has 0 saturated carbocycles. The summed E-state index contributed by atoms with van der Waals surface area (Å²) in [7, 11) is 0. The lowest BCUT2D eigenvalue weighted by Crippen LogP contribution is -2.14. The quantitative estimate of drug-likeness (QED) is 0.855. The zero-order valence-electron chi connectivity index (χ0n) is 10.8. The number of hydrogen-bond acceptors (Lipinski definition) is 5. The number of oxazole rings is 1.